The van der Waals surface area contributed by atoms with Gasteiger partial charge in [0.25, 0.3) is 0 Å². The highest BCUT2D eigenvalue weighted by Crippen LogP contribution is 2.22. The largest absolute Gasteiger partial charge is 0.319 e. The predicted molar refractivity (Wildman–Crippen MR) is 79.3 cm³/mol. The van der Waals surface area contributed by atoms with E-state index in [1.807, 2.05) is 7.05 Å². The normalized spacial score (nSPS) is 14.6. The van der Waals surface area contributed by atoms with E-state index < -0.39 is 0 Å². The average molecular weight is 298 g/mol. The third-order valence-corrected chi connectivity index (χ3v) is 3.90. The van der Waals surface area contributed by atoms with Crippen LogP contribution in [-0.2, 0) is 6.42 Å². The van der Waals surface area contributed by atoms with Crippen molar-refractivity contribution in [2.75, 3.05) is 13.6 Å². The van der Waals surface area contributed by atoms with E-state index in [1.165, 1.54) is 29.3 Å². The van der Waals surface area contributed by atoms with Crippen molar-refractivity contribution in [1.29, 1.82) is 0 Å². The first-order chi connectivity index (χ1) is 8.17. The van der Waals surface area contributed by atoms with Crippen LogP contribution in [0.25, 0.3) is 0 Å². The first-order valence-electron chi connectivity index (χ1n) is 6.56. The Balaban J connectivity index is 2.65. The Hall–Kier alpha value is -0.340. The maximum atomic E-state index is 3.54. The predicted octanol–water partition coefficient (Wildman–Crippen LogP) is 4.26. The van der Waals surface area contributed by atoms with Crippen LogP contribution in [0.5, 0.6) is 0 Å². The summed E-state index contributed by atoms with van der Waals surface area (Å²) in [5.41, 5.74) is 1.43. The van der Waals surface area contributed by atoms with E-state index in [-0.39, 0.29) is 0 Å². The molecule has 1 nitrogen and oxygen atoms in total. The summed E-state index contributed by atoms with van der Waals surface area (Å²) >= 11 is 3.54. The molecule has 0 aliphatic rings. The number of benzene rings is 1. The Bertz CT molecular complexity index is 324. The molecule has 2 unspecified atom stereocenters. The fourth-order valence-corrected chi connectivity index (χ4v) is 2.84. The lowest BCUT2D eigenvalue weighted by atomic mass is 9.85. The van der Waals surface area contributed by atoms with Gasteiger partial charge in [-0.3, -0.25) is 0 Å². The molecule has 1 rings (SSSR count). The van der Waals surface area contributed by atoms with E-state index in [1.54, 1.807) is 0 Å². The summed E-state index contributed by atoms with van der Waals surface area (Å²) in [6.45, 7) is 5.75. The first kappa shape index (κ1) is 14.7. The lowest BCUT2D eigenvalue weighted by Crippen LogP contribution is -2.26. The summed E-state index contributed by atoms with van der Waals surface area (Å²) in [6.07, 6.45) is 3.77. The number of nitrogens with one attached hydrogen (secondary N) is 1. The summed E-state index contributed by atoms with van der Waals surface area (Å²) in [6, 6.07) is 8.68. The molecule has 0 amide bonds. The van der Waals surface area contributed by atoms with Crippen LogP contribution < -0.4 is 5.32 Å². The third kappa shape index (κ3) is 5.22. The van der Waals surface area contributed by atoms with Gasteiger partial charge < -0.3 is 5.32 Å². The molecule has 0 saturated carbocycles. The standard InChI is InChI=1S/C15H24BrN/c1-4-6-12(2)14(11-17-3)9-13-7-5-8-15(16)10-13/h5,7-8,10,12,14,17H,4,6,9,11H2,1-3H3. The van der Waals surface area contributed by atoms with Gasteiger partial charge in [-0.1, -0.05) is 54.8 Å². The van der Waals surface area contributed by atoms with Crippen LogP contribution in [0.4, 0.5) is 0 Å². The Morgan fingerprint density at radius 1 is 1.35 bits per heavy atom. The minimum absolute atomic E-state index is 0.731. The maximum Gasteiger partial charge on any atom is 0.0177 e. The van der Waals surface area contributed by atoms with Gasteiger partial charge in [0.15, 0.2) is 0 Å². The fraction of sp³-hybridized carbons (Fsp3) is 0.600. The van der Waals surface area contributed by atoms with Crippen molar-refractivity contribution in [3.63, 3.8) is 0 Å². The zero-order valence-corrected chi connectivity index (χ0v) is 12.8. The molecule has 2 atom stereocenters. The van der Waals surface area contributed by atoms with Crippen molar-refractivity contribution in [3.8, 4) is 0 Å². The van der Waals surface area contributed by atoms with Gasteiger partial charge in [-0.2, -0.15) is 0 Å². The molecular weight excluding hydrogens is 274 g/mol. The second kappa shape index (κ2) is 7.88. The summed E-state index contributed by atoms with van der Waals surface area (Å²) < 4.78 is 1.18. The molecule has 0 spiro atoms. The Morgan fingerprint density at radius 3 is 2.71 bits per heavy atom. The molecule has 0 heterocycles. The van der Waals surface area contributed by atoms with Crippen LogP contribution in [-0.4, -0.2) is 13.6 Å². The highest BCUT2D eigenvalue weighted by Gasteiger charge is 2.16. The van der Waals surface area contributed by atoms with E-state index in [2.05, 4.69) is 59.4 Å². The zero-order valence-electron chi connectivity index (χ0n) is 11.2. The number of hydrogen-bond donors (Lipinski definition) is 1. The van der Waals surface area contributed by atoms with Crippen LogP contribution in [0.15, 0.2) is 28.7 Å². The average Bonchev–Trinajstić information content (AvgIpc) is 2.29. The van der Waals surface area contributed by atoms with E-state index >= 15 is 0 Å². The van der Waals surface area contributed by atoms with Gasteiger partial charge in [0.2, 0.25) is 0 Å². The molecule has 0 bridgehead atoms. The van der Waals surface area contributed by atoms with Gasteiger partial charge in [-0.05, 0) is 49.5 Å². The van der Waals surface area contributed by atoms with E-state index in [9.17, 15) is 0 Å². The van der Waals surface area contributed by atoms with Gasteiger partial charge in [0.1, 0.15) is 0 Å². The number of halogens is 1. The van der Waals surface area contributed by atoms with Gasteiger partial charge in [0, 0.05) is 4.47 Å². The van der Waals surface area contributed by atoms with E-state index in [4.69, 9.17) is 0 Å². The highest BCUT2D eigenvalue weighted by atomic mass is 79.9. The first-order valence-corrected chi connectivity index (χ1v) is 7.35. The van der Waals surface area contributed by atoms with Crippen LogP contribution in [0.1, 0.15) is 32.3 Å². The SMILES string of the molecule is CCCC(C)C(CNC)Cc1cccc(Br)c1. The summed E-state index contributed by atoms with van der Waals surface area (Å²) in [4.78, 5) is 0. The lowest BCUT2D eigenvalue weighted by molar-refractivity contribution is 0.325. The zero-order chi connectivity index (χ0) is 12.7. The van der Waals surface area contributed by atoms with Crippen molar-refractivity contribution in [2.24, 2.45) is 11.8 Å². The van der Waals surface area contributed by atoms with Crippen LogP contribution in [0.2, 0.25) is 0 Å². The monoisotopic (exact) mass is 297 g/mol. The second-order valence-corrected chi connectivity index (χ2v) is 5.83. The van der Waals surface area contributed by atoms with Gasteiger partial charge in [-0.15, -0.1) is 0 Å². The summed E-state index contributed by atoms with van der Waals surface area (Å²) in [5.74, 6) is 1.51. The van der Waals surface area contributed by atoms with Gasteiger partial charge in [0.05, 0.1) is 0 Å². The molecule has 17 heavy (non-hydrogen) atoms. The van der Waals surface area contributed by atoms with Crippen molar-refractivity contribution in [3.05, 3.63) is 34.3 Å². The molecule has 0 aliphatic heterocycles. The number of hydrogen-bond acceptors (Lipinski definition) is 1. The lowest BCUT2D eigenvalue weighted by Gasteiger charge is -2.23. The molecule has 0 fully saturated rings. The topological polar surface area (TPSA) is 12.0 Å². The minimum atomic E-state index is 0.731. The second-order valence-electron chi connectivity index (χ2n) is 4.92. The molecule has 0 aliphatic carbocycles. The van der Waals surface area contributed by atoms with Crippen molar-refractivity contribution in [1.82, 2.24) is 5.32 Å². The Morgan fingerprint density at radius 2 is 2.12 bits per heavy atom. The molecule has 1 N–H and O–H groups in total. The fourth-order valence-electron chi connectivity index (χ4n) is 2.39. The van der Waals surface area contributed by atoms with E-state index in [0.717, 1.165) is 18.4 Å². The highest BCUT2D eigenvalue weighted by molar-refractivity contribution is 9.10. The maximum absolute atomic E-state index is 3.54. The van der Waals surface area contributed by atoms with Crippen LogP contribution in [0, 0.1) is 11.8 Å². The summed E-state index contributed by atoms with van der Waals surface area (Å²) in [5, 5.41) is 3.33. The molecule has 0 radical (unpaired) electrons. The quantitative estimate of drug-likeness (QED) is 0.793. The smallest absolute Gasteiger partial charge is 0.0177 e. The molecule has 1 aromatic carbocycles. The molecule has 1 aromatic rings. The molecule has 2 heteroatoms. The van der Waals surface area contributed by atoms with Crippen molar-refractivity contribution < 1.29 is 0 Å². The molecular formula is C15H24BrN. The van der Waals surface area contributed by atoms with Crippen LogP contribution >= 0.6 is 15.9 Å². The molecule has 0 aromatic heterocycles. The molecule has 96 valence electrons. The minimum Gasteiger partial charge on any atom is -0.319 e. The summed E-state index contributed by atoms with van der Waals surface area (Å²) in [7, 11) is 2.05. The van der Waals surface area contributed by atoms with Crippen molar-refractivity contribution in [2.45, 2.75) is 33.1 Å². The van der Waals surface area contributed by atoms with Gasteiger partial charge in [-0.25, -0.2) is 0 Å². The number of rotatable bonds is 7. The third-order valence-electron chi connectivity index (χ3n) is 3.40. The Kier molecular flexibility index (Phi) is 6.83. The van der Waals surface area contributed by atoms with Gasteiger partial charge >= 0.3 is 0 Å². The van der Waals surface area contributed by atoms with E-state index in [0.29, 0.717) is 0 Å². The Labute approximate surface area is 114 Å². The molecule has 0 saturated heterocycles. The van der Waals surface area contributed by atoms with Crippen molar-refractivity contribution >= 4 is 15.9 Å². The van der Waals surface area contributed by atoms with Crippen LogP contribution in [0.3, 0.4) is 0 Å².